The molecule has 2 fully saturated rings. The van der Waals surface area contributed by atoms with Crippen molar-refractivity contribution in [2.45, 2.75) is 52.5 Å². The van der Waals surface area contributed by atoms with Gasteiger partial charge in [0.15, 0.2) is 0 Å². The number of nitrogens with one attached hydrogen (secondary N) is 1. The second-order valence-electron chi connectivity index (χ2n) is 7.95. The minimum Gasteiger partial charge on any atom is -0.422 e. The zero-order valence-electron chi connectivity index (χ0n) is 14.9. The van der Waals surface area contributed by atoms with Crippen LogP contribution in [0.1, 0.15) is 48.8 Å². The number of likely N-dealkylation sites (tertiary alicyclic amines) is 1. The first-order chi connectivity index (χ1) is 11.6. The molecule has 1 aromatic heterocycles. The summed E-state index contributed by atoms with van der Waals surface area (Å²) in [7, 11) is 0. The summed E-state index contributed by atoms with van der Waals surface area (Å²) in [5.41, 5.74) is 4.00. The predicted octanol–water partition coefficient (Wildman–Crippen LogP) is 3.00. The molecule has 3 atom stereocenters. The van der Waals surface area contributed by atoms with E-state index in [-0.39, 0.29) is 5.63 Å². The number of fused-ring (bicyclic) bond motifs is 2. The Morgan fingerprint density at radius 3 is 2.75 bits per heavy atom. The normalized spacial score (nSPS) is 27.2. The van der Waals surface area contributed by atoms with Gasteiger partial charge >= 0.3 is 5.63 Å². The van der Waals surface area contributed by atoms with E-state index in [0.717, 1.165) is 40.5 Å². The van der Waals surface area contributed by atoms with Gasteiger partial charge in [0.05, 0.1) is 13.1 Å². The molecule has 1 aliphatic carbocycles. The maximum atomic E-state index is 12.1. The van der Waals surface area contributed by atoms with Crippen molar-refractivity contribution < 1.29 is 9.32 Å². The van der Waals surface area contributed by atoms with E-state index >= 15 is 0 Å². The van der Waals surface area contributed by atoms with Crippen LogP contribution in [0.5, 0.6) is 0 Å². The Bertz CT molecular complexity index is 807. The lowest BCUT2D eigenvalue weighted by Crippen LogP contribution is -3.12. The van der Waals surface area contributed by atoms with Gasteiger partial charge in [0, 0.05) is 22.9 Å². The van der Waals surface area contributed by atoms with Crippen LogP contribution >= 0.6 is 0 Å². The van der Waals surface area contributed by atoms with Crippen molar-refractivity contribution in [3.05, 3.63) is 45.3 Å². The van der Waals surface area contributed by atoms with E-state index in [1.54, 1.807) is 11.0 Å². The van der Waals surface area contributed by atoms with Crippen molar-refractivity contribution >= 4 is 11.0 Å². The first-order valence-corrected chi connectivity index (χ1v) is 9.48. The summed E-state index contributed by atoms with van der Waals surface area (Å²) in [6, 6.07) is 5.99. The second-order valence-corrected chi connectivity index (χ2v) is 7.95. The fourth-order valence-electron chi connectivity index (χ4n) is 4.90. The quantitative estimate of drug-likeness (QED) is 0.861. The molecular formula is C21H28NO2+. The number of hydrogen-bond donors (Lipinski definition) is 1. The van der Waals surface area contributed by atoms with Crippen LogP contribution in [0.3, 0.4) is 0 Å². The van der Waals surface area contributed by atoms with Crippen LogP contribution < -0.4 is 10.5 Å². The molecule has 1 saturated carbocycles. The molecule has 2 heterocycles. The molecule has 2 aromatic rings. The molecule has 1 N–H and O–H groups in total. The Morgan fingerprint density at radius 2 is 1.92 bits per heavy atom. The van der Waals surface area contributed by atoms with E-state index in [4.69, 9.17) is 4.42 Å². The molecule has 0 bridgehead atoms. The highest BCUT2D eigenvalue weighted by Crippen LogP contribution is 2.32. The average Bonchev–Trinajstić information content (AvgIpc) is 2.58. The molecule has 0 amide bonds. The minimum atomic E-state index is -0.210. The number of quaternary nitrogens is 1. The minimum absolute atomic E-state index is 0.210. The van der Waals surface area contributed by atoms with E-state index in [1.165, 1.54) is 50.8 Å². The van der Waals surface area contributed by atoms with Crippen LogP contribution in [0.2, 0.25) is 0 Å². The molecule has 1 saturated heterocycles. The van der Waals surface area contributed by atoms with Gasteiger partial charge in [-0.1, -0.05) is 25.0 Å². The molecule has 1 unspecified atom stereocenters. The van der Waals surface area contributed by atoms with Gasteiger partial charge in [-0.25, -0.2) is 4.79 Å². The van der Waals surface area contributed by atoms with E-state index < -0.39 is 0 Å². The zero-order valence-corrected chi connectivity index (χ0v) is 14.9. The van der Waals surface area contributed by atoms with Crippen molar-refractivity contribution in [3.63, 3.8) is 0 Å². The maximum absolute atomic E-state index is 12.1. The van der Waals surface area contributed by atoms with Crippen molar-refractivity contribution in [1.82, 2.24) is 0 Å². The molecule has 3 nitrogen and oxygen atoms in total. The zero-order chi connectivity index (χ0) is 16.7. The van der Waals surface area contributed by atoms with Gasteiger partial charge in [0.1, 0.15) is 12.1 Å². The molecule has 0 spiro atoms. The number of aryl methyl sites for hydroxylation is 2. The molecule has 1 aromatic carbocycles. The first kappa shape index (κ1) is 15.9. The summed E-state index contributed by atoms with van der Waals surface area (Å²) in [5, 5.41) is 1.12. The molecule has 24 heavy (non-hydrogen) atoms. The Hall–Kier alpha value is -1.61. The van der Waals surface area contributed by atoms with Crippen molar-refractivity contribution in [2.24, 2.45) is 11.8 Å². The van der Waals surface area contributed by atoms with Gasteiger partial charge < -0.3 is 9.32 Å². The molecule has 1 aliphatic heterocycles. The van der Waals surface area contributed by atoms with E-state index in [2.05, 4.69) is 19.1 Å². The summed E-state index contributed by atoms with van der Waals surface area (Å²) >= 11 is 0. The summed E-state index contributed by atoms with van der Waals surface area (Å²) in [6.07, 6.45) is 7.04. The Morgan fingerprint density at radius 1 is 1.12 bits per heavy atom. The van der Waals surface area contributed by atoms with Gasteiger partial charge in [0.2, 0.25) is 0 Å². The molecule has 128 valence electrons. The second kappa shape index (κ2) is 6.36. The van der Waals surface area contributed by atoms with Crippen molar-refractivity contribution in [3.8, 4) is 0 Å². The van der Waals surface area contributed by atoms with Crippen LogP contribution in [0.25, 0.3) is 11.0 Å². The molecular weight excluding hydrogens is 298 g/mol. The van der Waals surface area contributed by atoms with Gasteiger partial charge in [-0.2, -0.15) is 0 Å². The average molecular weight is 326 g/mol. The van der Waals surface area contributed by atoms with E-state index in [9.17, 15) is 4.79 Å². The van der Waals surface area contributed by atoms with Gasteiger partial charge in [0.25, 0.3) is 0 Å². The lowest BCUT2D eigenvalue weighted by Gasteiger charge is -2.39. The highest BCUT2D eigenvalue weighted by Gasteiger charge is 2.33. The van der Waals surface area contributed by atoms with Crippen LogP contribution in [0, 0.1) is 25.7 Å². The lowest BCUT2D eigenvalue weighted by atomic mass is 9.75. The third kappa shape index (κ3) is 2.90. The largest absolute Gasteiger partial charge is 0.422 e. The fourth-order valence-corrected chi connectivity index (χ4v) is 4.90. The Labute approximate surface area is 143 Å². The molecule has 3 heteroatoms. The van der Waals surface area contributed by atoms with Crippen LogP contribution in [0.4, 0.5) is 0 Å². The fraction of sp³-hybridized carbons (Fsp3) is 0.571. The van der Waals surface area contributed by atoms with Crippen molar-refractivity contribution in [1.29, 1.82) is 0 Å². The summed E-state index contributed by atoms with van der Waals surface area (Å²) in [5.74, 6) is 1.86. The Balaban J connectivity index is 1.63. The van der Waals surface area contributed by atoms with Crippen LogP contribution in [-0.4, -0.2) is 13.1 Å². The first-order valence-electron chi connectivity index (χ1n) is 9.48. The highest BCUT2D eigenvalue weighted by molar-refractivity contribution is 5.83. The number of rotatable bonds is 2. The molecule has 0 radical (unpaired) electrons. The highest BCUT2D eigenvalue weighted by atomic mass is 16.4. The summed E-state index contributed by atoms with van der Waals surface area (Å²) in [6.45, 7) is 7.59. The van der Waals surface area contributed by atoms with Crippen molar-refractivity contribution in [2.75, 3.05) is 13.1 Å². The smallest absolute Gasteiger partial charge is 0.336 e. The van der Waals surface area contributed by atoms with Crippen LogP contribution in [0.15, 0.2) is 27.4 Å². The Kier molecular flexibility index (Phi) is 4.21. The molecule has 4 rings (SSSR count). The summed E-state index contributed by atoms with van der Waals surface area (Å²) in [4.78, 5) is 13.7. The predicted molar refractivity (Wildman–Crippen MR) is 96.4 cm³/mol. The summed E-state index contributed by atoms with van der Waals surface area (Å²) < 4.78 is 5.52. The van der Waals surface area contributed by atoms with Gasteiger partial charge in [-0.15, -0.1) is 0 Å². The topological polar surface area (TPSA) is 34.7 Å². The number of benzene rings is 1. The molecule has 2 aliphatic rings. The van der Waals surface area contributed by atoms with E-state index in [1.807, 2.05) is 6.92 Å². The number of piperidine rings is 1. The van der Waals surface area contributed by atoms with Gasteiger partial charge in [-0.3, -0.25) is 0 Å². The number of hydrogen-bond acceptors (Lipinski definition) is 2. The standard InChI is InChI=1S/C21H27NO2/c1-14-7-8-19-18(11-20(23)24-21(19)15(14)2)13-22-10-9-16-5-3-4-6-17(16)12-22/h7-8,11,16-17H,3-6,9-10,12-13H2,1-2H3/p+1/t16-,17-/m1/s1. The van der Waals surface area contributed by atoms with Crippen LogP contribution in [-0.2, 0) is 6.54 Å². The third-order valence-corrected chi connectivity index (χ3v) is 6.44. The monoisotopic (exact) mass is 326 g/mol. The van der Waals surface area contributed by atoms with Gasteiger partial charge in [-0.05, 0) is 50.2 Å². The SMILES string of the molecule is Cc1ccc2c(C[NH+]3CC[C@H]4CCCC[C@@H]4C3)cc(=O)oc2c1C. The third-order valence-electron chi connectivity index (χ3n) is 6.44. The maximum Gasteiger partial charge on any atom is 0.336 e. The lowest BCUT2D eigenvalue weighted by molar-refractivity contribution is -0.924. The van der Waals surface area contributed by atoms with E-state index in [0.29, 0.717) is 0 Å².